The molecule has 0 aliphatic carbocycles. The highest BCUT2D eigenvalue weighted by Gasteiger charge is 2.26. The Hall–Kier alpha value is -2.82. The van der Waals surface area contributed by atoms with Gasteiger partial charge in [-0.3, -0.25) is 9.59 Å². The van der Waals surface area contributed by atoms with Crippen molar-refractivity contribution in [1.29, 1.82) is 0 Å². The largest absolute Gasteiger partial charge is 0.497 e. The molecule has 0 heterocycles. The average Bonchev–Trinajstić information content (AvgIpc) is 2.76. The van der Waals surface area contributed by atoms with Gasteiger partial charge in [-0.2, -0.15) is 0 Å². The minimum Gasteiger partial charge on any atom is -0.497 e. The highest BCUT2D eigenvalue weighted by molar-refractivity contribution is 5.87. The van der Waals surface area contributed by atoms with Crippen LogP contribution in [-0.4, -0.2) is 35.9 Å². The highest BCUT2D eigenvalue weighted by atomic mass is 16.5. The Morgan fingerprint density at radius 2 is 1.72 bits per heavy atom. The van der Waals surface area contributed by atoms with E-state index in [-0.39, 0.29) is 17.9 Å². The Morgan fingerprint density at radius 3 is 2.38 bits per heavy atom. The maximum atomic E-state index is 13.1. The van der Waals surface area contributed by atoms with Crippen LogP contribution in [0, 0.1) is 0 Å². The lowest BCUT2D eigenvalue weighted by Crippen LogP contribution is -2.49. The van der Waals surface area contributed by atoms with Crippen molar-refractivity contribution < 1.29 is 14.3 Å². The summed E-state index contributed by atoms with van der Waals surface area (Å²) in [7, 11) is 1.62. The first kappa shape index (κ1) is 22.5. The number of hydrogen-bond donors (Lipinski definition) is 1. The Kier molecular flexibility index (Phi) is 8.71. The molecule has 0 fully saturated rings. The van der Waals surface area contributed by atoms with Crippen LogP contribution < -0.4 is 10.1 Å². The van der Waals surface area contributed by atoms with Crippen molar-refractivity contribution in [3.05, 3.63) is 65.7 Å². The molecular formula is C24H32N2O3. The lowest BCUT2D eigenvalue weighted by atomic mass is 10.1. The molecule has 29 heavy (non-hydrogen) atoms. The van der Waals surface area contributed by atoms with E-state index in [4.69, 9.17) is 4.74 Å². The van der Waals surface area contributed by atoms with E-state index in [0.29, 0.717) is 19.4 Å². The Morgan fingerprint density at radius 1 is 1.03 bits per heavy atom. The summed E-state index contributed by atoms with van der Waals surface area (Å²) in [5.41, 5.74) is 2.04. The number of nitrogens with one attached hydrogen (secondary N) is 1. The molecule has 1 N–H and O–H groups in total. The van der Waals surface area contributed by atoms with Crippen LogP contribution in [0.5, 0.6) is 5.75 Å². The molecular weight excluding hydrogens is 364 g/mol. The summed E-state index contributed by atoms with van der Waals surface area (Å²) in [5.74, 6) is 0.565. The van der Waals surface area contributed by atoms with E-state index in [1.165, 1.54) is 0 Å². The number of ether oxygens (including phenoxy) is 1. The molecule has 2 unspecified atom stereocenters. The van der Waals surface area contributed by atoms with Gasteiger partial charge in [-0.1, -0.05) is 49.4 Å². The molecule has 5 heteroatoms. The molecule has 156 valence electrons. The maximum absolute atomic E-state index is 13.1. The number of benzene rings is 2. The lowest BCUT2D eigenvalue weighted by molar-refractivity contribution is -0.140. The van der Waals surface area contributed by atoms with Crippen molar-refractivity contribution in [2.45, 2.75) is 58.7 Å². The zero-order chi connectivity index (χ0) is 21.2. The number of rotatable bonds is 10. The van der Waals surface area contributed by atoms with E-state index in [1.807, 2.05) is 68.4 Å². The summed E-state index contributed by atoms with van der Waals surface area (Å²) < 4.78 is 5.29. The molecule has 5 nitrogen and oxygen atoms in total. The molecule has 0 saturated heterocycles. The van der Waals surface area contributed by atoms with Crippen LogP contribution in [0.1, 0.15) is 44.7 Å². The van der Waals surface area contributed by atoms with Crippen LogP contribution in [0.15, 0.2) is 54.6 Å². The van der Waals surface area contributed by atoms with E-state index in [9.17, 15) is 9.59 Å². The predicted octanol–water partition coefficient (Wildman–Crippen LogP) is 3.96. The summed E-state index contributed by atoms with van der Waals surface area (Å²) in [6.07, 6.45) is 1.85. The van der Waals surface area contributed by atoms with Gasteiger partial charge in [0.25, 0.3) is 0 Å². The monoisotopic (exact) mass is 396 g/mol. The Bertz CT molecular complexity index is 792. The van der Waals surface area contributed by atoms with Gasteiger partial charge in [-0.15, -0.1) is 0 Å². The fourth-order valence-electron chi connectivity index (χ4n) is 3.06. The van der Waals surface area contributed by atoms with Crippen molar-refractivity contribution in [2.75, 3.05) is 7.11 Å². The van der Waals surface area contributed by atoms with Gasteiger partial charge in [0.1, 0.15) is 11.8 Å². The number of carbonyl (C=O) groups is 2. The number of nitrogens with zero attached hydrogens (tertiary/aromatic N) is 1. The lowest BCUT2D eigenvalue weighted by Gasteiger charge is -2.30. The smallest absolute Gasteiger partial charge is 0.242 e. The third kappa shape index (κ3) is 6.93. The molecule has 0 saturated carbocycles. The van der Waals surface area contributed by atoms with E-state index in [0.717, 1.165) is 23.3 Å². The third-order valence-electron chi connectivity index (χ3n) is 5.13. The van der Waals surface area contributed by atoms with Gasteiger partial charge in [-0.25, -0.2) is 0 Å². The molecule has 2 rings (SSSR count). The predicted molar refractivity (Wildman–Crippen MR) is 116 cm³/mol. The van der Waals surface area contributed by atoms with Crippen LogP contribution in [0.25, 0.3) is 0 Å². The van der Waals surface area contributed by atoms with Crippen molar-refractivity contribution in [2.24, 2.45) is 0 Å². The topological polar surface area (TPSA) is 58.6 Å². The average molecular weight is 397 g/mol. The van der Waals surface area contributed by atoms with Crippen LogP contribution in [-0.2, 0) is 22.6 Å². The molecule has 0 aliphatic heterocycles. The summed E-state index contributed by atoms with van der Waals surface area (Å²) >= 11 is 0. The molecule has 0 aliphatic rings. The van der Waals surface area contributed by atoms with E-state index in [1.54, 1.807) is 18.9 Å². The summed E-state index contributed by atoms with van der Waals surface area (Å²) in [6, 6.07) is 17.0. The van der Waals surface area contributed by atoms with Gasteiger partial charge in [0.2, 0.25) is 11.8 Å². The van der Waals surface area contributed by atoms with Crippen molar-refractivity contribution in [1.82, 2.24) is 10.2 Å². The highest BCUT2D eigenvalue weighted by Crippen LogP contribution is 2.17. The van der Waals surface area contributed by atoms with Gasteiger partial charge in [0, 0.05) is 19.0 Å². The number of hydrogen-bond acceptors (Lipinski definition) is 3. The quantitative estimate of drug-likeness (QED) is 0.661. The Balaban J connectivity index is 2.16. The molecule has 2 amide bonds. The number of methoxy groups -OCH3 is 1. The van der Waals surface area contributed by atoms with Gasteiger partial charge < -0.3 is 15.0 Å². The first-order chi connectivity index (χ1) is 13.9. The van der Waals surface area contributed by atoms with E-state index < -0.39 is 6.04 Å². The van der Waals surface area contributed by atoms with E-state index >= 15 is 0 Å². The Labute approximate surface area is 174 Å². The normalized spacial score (nSPS) is 12.7. The second kappa shape index (κ2) is 11.2. The number of carbonyl (C=O) groups excluding carboxylic acids is 2. The summed E-state index contributed by atoms with van der Waals surface area (Å²) in [6.45, 7) is 6.14. The van der Waals surface area contributed by atoms with Crippen molar-refractivity contribution >= 4 is 11.8 Å². The second-order valence-electron chi connectivity index (χ2n) is 7.35. The second-order valence-corrected chi connectivity index (χ2v) is 7.35. The van der Waals surface area contributed by atoms with Crippen LogP contribution >= 0.6 is 0 Å². The molecule has 0 radical (unpaired) electrons. The van der Waals surface area contributed by atoms with Crippen molar-refractivity contribution in [3.8, 4) is 5.75 Å². The minimum atomic E-state index is -0.557. The van der Waals surface area contributed by atoms with Gasteiger partial charge in [0.05, 0.1) is 7.11 Å². The molecule has 2 atom stereocenters. The first-order valence-corrected chi connectivity index (χ1v) is 10.2. The van der Waals surface area contributed by atoms with E-state index in [2.05, 4.69) is 5.32 Å². The summed E-state index contributed by atoms with van der Waals surface area (Å²) in [5, 5.41) is 2.99. The zero-order valence-corrected chi connectivity index (χ0v) is 17.9. The maximum Gasteiger partial charge on any atom is 0.242 e. The SMILES string of the molecule is CCC(C)NC(=O)C(C)N(Cc1cccc(OC)c1)C(=O)CCc1ccccc1. The molecule has 2 aromatic carbocycles. The third-order valence-corrected chi connectivity index (χ3v) is 5.13. The molecule has 2 aromatic rings. The minimum absolute atomic E-state index is 0.0384. The zero-order valence-electron chi connectivity index (χ0n) is 17.9. The van der Waals surface area contributed by atoms with Crippen LogP contribution in [0.2, 0.25) is 0 Å². The first-order valence-electron chi connectivity index (χ1n) is 10.2. The van der Waals surface area contributed by atoms with Gasteiger partial charge in [0.15, 0.2) is 0 Å². The standard InChI is InChI=1S/C24H32N2O3/c1-5-18(2)25-24(28)19(3)26(17-21-12-9-13-22(16-21)29-4)23(27)15-14-20-10-7-6-8-11-20/h6-13,16,18-19H,5,14-15,17H2,1-4H3,(H,25,28). The van der Waals surface area contributed by atoms with Gasteiger partial charge >= 0.3 is 0 Å². The van der Waals surface area contributed by atoms with Gasteiger partial charge in [-0.05, 0) is 49.9 Å². The number of aryl methyl sites for hydroxylation is 1. The van der Waals surface area contributed by atoms with Crippen molar-refractivity contribution in [3.63, 3.8) is 0 Å². The number of amides is 2. The fraction of sp³-hybridized carbons (Fsp3) is 0.417. The summed E-state index contributed by atoms with van der Waals surface area (Å²) in [4.78, 5) is 27.5. The fourth-order valence-corrected chi connectivity index (χ4v) is 3.06. The molecule has 0 spiro atoms. The van der Waals surface area contributed by atoms with Crippen LogP contribution in [0.3, 0.4) is 0 Å². The molecule has 0 bridgehead atoms. The van der Waals surface area contributed by atoms with Crippen LogP contribution in [0.4, 0.5) is 0 Å². The molecule has 0 aromatic heterocycles.